The molecule has 26 heavy (non-hydrogen) atoms. The SMILES string of the molecule is CCCOc1ccccc1CCCNC(=O)C(C)Sc1ccc(C)cc1. The molecule has 0 heterocycles. The number of rotatable bonds is 10. The standard InChI is InChI=1S/C22H29NO2S/c1-4-16-25-21-10-6-5-8-19(21)9-7-15-23-22(24)18(3)26-20-13-11-17(2)12-14-20/h5-6,8,10-14,18H,4,7,9,15-16H2,1-3H3,(H,23,24). The highest BCUT2D eigenvalue weighted by atomic mass is 32.2. The van der Waals surface area contributed by atoms with E-state index in [4.69, 9.17) is 4.74 Å². The summed E-state index contributed by atoms with van der Waals surface area (Å²) >= 11 is 1.59. The van der Waals surface area contributed by atoms with Gasteiger partial charge in [0.1, 0.15) is 5.75 Å². The fourth-order valence-corrected chi connectivity index (χ4v) is 3.46. The number of aryl methyl sites for hydroxylation is 2. The molecule has 4 heteroatoms. The van der Waals surface area contributed by atoms with E-state index in [0.29, 0.717) is 6.54 Å². The molecule has 0 aliphatic carbocycles. The van der Waals surface area contributed by atoms with Crippen molar-refractivity contribution < 1.29 is 9.53 Å². The number of amides is 1. The fraction of sp³-hybridized carbons (Fsp3) is 0.409. The molecule has 1 atom stereocenters. The second-order valence-electron chi connectivity index (χ2n) is 6.42. The first-order valence-electron chi connectivity index (χ1n) is 9.32. The highest BCUT2D eigenvalue weighted by Crippen LogP contribution is 2.23. The van der Waals surface area contributed by atoms with Crippen molar-refractivity contribution in [3.63, 3.8) is 0 Å². The molecule has 0 fully saturated rings. The zero-order chi connectivity index (χ0) is 18.8. The molecule has 1 N–H and O–H groups in total. The van der Waals surface area contributed by atoms with E-state index in [-0.39, 0.29) is 11.2 Å². The Morgan fingerprint density at radius 2 is 1.88 bits per heavy atom. The van der Waals surface area contributed by atoms with Gasteiger partial charge in [0.25, 0.3) is 0 Å². The number of benzene rings is 2. The third-order valence-corrected chi connectivity index (χ3v) is 5.17. The van der Waals surface area contributed by atoms with Gasteiger partial charge in [-0.3, -0.25) is 4.79 Å². The lowest BCUT2D eigenvalue weighted by Crippen LogP contribution is -2.31. The lowest BCUT2D eigenvalue weighted by molar-refractivity contribution is -0.120. The van der Waals surface area contributed by atoms with Gasteiger partial charge in [-0.15, -0.1) is 11.8 Å². The Bertz CT molecular complexity index is 685. The minimum absolute atomic E-state index is 0.0890. The molecule has 2 rings (SSSR count). The van der Waals surface area contributed by atoms with E-state index in [1.165, 1.54) is 11.1 Å². The molecule has 0 spiro atoms. The Kier molecular flexibility index (Phi) is 8.56. The van der Waals surface area contributed by atoms with Gasteiger partial charge in [-0.1, -0.05) is 42.8 Å². The van der Waals surface area contributed by atoms with Crippen LogP contribution in [0.1, 0.15) is 37.8 Å². The van der Waals surface area contributed by atoms with Gasteiger partial charge in [0.05, 0.1) is 11.9 Å². The zero-order valence-electron chi connectivity index (χ0n) is 16.0. The maximum atomic E-state index is 12.3. The molecule has 0 saturated carbocycles. The van der Waals surface area contributed by atoms with Crippen LogP contribution in [-0.4, -0.2) is 24.3 Å². The Labute approximate surface area is 161 Å². The van der Waals surface area contributed by atoms with Crippen LogP contribution >= 0.6 is 11.8 Å². The van der Waals surface area contributed by atoms with Crippen LogP contribution in [0.25, 0.3) is 0 Å². The number of carbonyl (C=O) groups excluding carboxylic acids is 1. The number of carbonyl (C=O) groups is 1. The van der Waals surface area contributed by atoms with Crippen LogP contribution in [0.2, 0.25) is 0 Å². The maximum absolute atomic E-state index is 12.3. The van der Waals surface area contributed by atoms with Crippen molar-refractivity contribution in [3.8, 4) is 5.75 Å². The second kappa shape index (κ2) is 10.9. The number of nitrogens with one attached hydrogen (secondary N) is 1. The molecule has 2 aromatic rings. The molecule has 0 aromatic heterocycles. The second-order valence-corrected chi connectivity index (χ2v) is 7.84. The van der Waals surface area contributed by atoms with E-state index in [0.717, 1.165) is 36.5 Å². The van der Waals surface area contributed by atoms with E-state index in [2.05, 4.69) is 49.5 Å². The molecule has 0 aliphatic heterocycles. The summed E-state index contributed by atoms with van der Waals surface area (Å²) in [7, 11) is 0. The first-order chi connectivity index (χ1) is 12.6. The first kappa shape index (κ1) is 20.4. The van der Waals surface area contributed by atoms with Crippen molar-refractivity contribution in [1.29, 1.82) is 0 Å². The van der Waals surface area contributed by atoms with Crippen molar-refractivity contribution in [2.45, 2.75) is 50.2 Å². The van der Waals surface area contributed by atoms with E-state index in [9.17, 15) is 4.79 Å². The third-order valence-electron chi connectivity index (χ3n) is 4.06. The molecular weight excluding hydrogens is 342 g/mol. The van der Waals surface area contributed by atoms with Gasteiger partial charge < -0.3 is 10.1 Å². The van der Waals surface area contributed by atoms with Crippen molar-refractivity contribution in [2.24, 2.45) is 0 Å². The molecule has 140 valence electrons. The molecule has 0 saturated heterocycles. The van der Waals surface area contributed by atoms with Crippen molar-refractivity contribution in [1.82, 2.24) is 5.32 Å². The molecule has 1 amide bonds. The number of thioether (sulfide) groups is 1. The Morgan fingerprint density at radius 1 is 1.15 bits per heavy atom. The molecule has 1 unspecified atom stereocenters. The van der Waals surface area contributed by atoms with Crippen LogP contribution < -0.4 is 10.1 Å². The van der Waals surface area contributed by atoms with Crippen LogP contribution in [0.3, 0.4) is 0 Å². The van der Waals surface area contributed by atoms with Gasteiger partial charge in [0.15, 0.2) is 0 Å². The molecular formula is C22H29NO2S. The number of ether oxygens (including phenoxy) is 1. The van der Waals surface area contributed by atoms with Gasteiger partial charge in [-0.05, 0) is 56.9 Å². The highest BCUT2D eigenvalue weighted by molar-refractivity contribution is 8.00. The molecule has 2 aromatic carbocycles. The molecule has 3 nitrogen and oxygen atoms in total. The summed E-state index contributed by atoms with van der Waals surface area (Å²) < 4.78 is 5.79. The molecule has 0 bridgehead atoms. The average molecular weight is 372 g/mol. The number of hydrogen-bond donors (Lipinski definition) is 1. The van der Waals surface area contributed by atoms with Crippen molar-refractivity contribution in [3.05, 3.63) is 59.7 Å². The first-order valence-corrected chi connectivity index (χ1v) is 10.2. The summed E-state index contributed by atoms with van der Waals surface area (Å²) in [5, 5.41) is 2.95. The summed E-state index contributed by atoms with van der Waals surface area (Å²) in [6, 6.07) is 16.4. The van der Waals surface area contributed by atoms with Gasteiger partial charge >= 0.3 is 0 Å². The Hall–Kier alpha value is -1.94. The van der Waals surface area contributed by atoms with Gasteiger partial charge in [-0.25, -0.2) is 0 Å². The van der Waals surface area contributed by atoms with Crippen molar-refractivity contribution >= 4 is 17.7 Å². The smallest absolute Gasteiger partial charge is 0.233 e. The molecule has 0 aliphatic rings. The predicted octanol–water partition coefficient (Wildman–Crippen LogP) is 5.01. The van der Waals surface area contributed by atoms with Gasteiger partial charge in [0.2, 0.25) is 5.91 Å². The quantitative estimate of drug-likeness (QED) is 0.471. The zero-order valence-corrected chi connectivity index (χ0v) is 16.8. The summed E-state index contributed by atoms with van der Waals surface area (Å²) in [6.07, 6.45) is 2.81. The maximum Gasteiger partial charge on any atom is 0.233 e. The van der Waals surface area contributed by atoms with Crippen LogP contribution in [0.15, 0.2) is 53.4 Å². The summed E-state index contributed by atoms with van der Waals surface area (Å²) in [5.41, 5.74) is 2.44. The Morgan fingerprint density at radius 3 is 2.62 bits per heavy atom. The Balaban J connectivity index is 1.73. The minimum atomic E-state index is -0.0992. The topological polar surface area (TPSA) is 38.3 Å². The summed E-state index contributed by atoms with van der Waals surface area (Å²) in [6.45, 7) is 7.54. The van der Waals surface area contributed by atoms with Crippen LogP contribution in [0.4, 0.5) is 0 Å². The average Bonchev–Trinajstić information content (AvgIpc) is 2.66. The van der Waals surface area contributed by atoms with E-state index < -0.39 is 0 Å². The van der Waals surface area contributed by atoms with Crippen LogP contribution in [0.5, 0.6) is 5.75 Å². The van der Waals surface area contributed by atoms with Crippen LogP contribution in [-0.2, 0) is 11.2 Å². The normalized spacial score (nSPS) is 11.8. The van der Waals surface area contributed by atoms with Gasteiger partial charge in [-0.2, -0.15) is 0 Å². The van der Waals surface area contributed by atoms with E-state index in [1.807, 2.05) is 25.1 Å². The monoisotopic (exact) mass is 371 g/mol. The van der Waals surface area contributed by atoms with E-state index in [1.54, 1.807) is 11.8 Å². The van der Waals surface area contributed by atoms with Crippen molar-refractivity contribution in [2.75, 3.05) is 13.2 Å². The number of para-hydroxylation sites is 1. The number of hydrogen-bond acceptors (Lipinski definition) is 3. The highest BCUT2D eigenvalue weighted by Gasteiger charge is 2.13. The summed E-state index contributed by atoms with van der Waals surface area (Å²) in [4.78, 5) is 13.4. The largest absolute Gasteiger partial charge is 0.493 e. The van der Waals surface area contributed by atoms with E-state index >= 15 is 0 Å². The molecule has 0 radical (unpaired) electrons. The lowest BCUT2D eigenvalue weighted by atomic mass is 10.1. The van der Waals surface area contributed by atoms with Gasteiger partial charge in [0, 0.05) is 11.4 Å². The predicted molar refractivity (Wildman–Crippen MR) is 110 cm³/mol. The fourth-order valence-electron chi connectivity index (χ4n) is 2.57. The van der Waals surface area contributed by atoms with Crippen LogP contribution in [0, 0.1) is 6.92 Å². The minimum Gasteiger partial charge on any atom is -0.493 e. The summed E-state index contributed by atoms with van der Waals surface area (Å²) in [5.74, 6) is 1.05. The lowest BCUT2D eigenvalue weighted by Gasteiger charge is -2.13. The third kappa shape index (κ3) is 6.75.